The summed E-state index contributed by atoms with van der Waals surface area (Å²) in [6, 6.07) is 24.5. The molecule has 0 nitrogen and oxygen atoms in total. The first-order valence-electron chi connectivity index (χ1n) is 9.73. The first-order valence-corrected chi connectivity index (χ1v) is 10.1. The predicted molar refractivity (Wildman–Crippen MR) is 123 cm³/mol. The fourth-order valence-electron chi connectivity index (χ4n) is 3.11. The number of halogens is 2. The second kappa shape index (κ2) is 8.87. The van der Waals surface area contributed by atoms with Gasteiger partial charge in [0.15, 0.2) is 0 Å². The van der Waals surface area contributed by atoms with Crippen LogP contribution in [-0.4, -0.2) is 0 Å². The Morgan fingerprint density at radius 3 is 2.00 bits per heavy atom. The van der Waals surface area contributed by atoms with Crippen molar-refractivity contribution >= 4 is 22.4 Å². The molecule has 0 saturated carbocycles. The van der Waals surface area contributed by atoms with E-state index >= 15 is 0 Å². The van der Waals surface area contributed by atoms with Gasteiger partial charge in [-0.3, -0.25) is 0 Å². The van der Waals surface area contributed by atoms with E-state index in [1.807, 2.05) is 42.5 Å². The van der Waals surface area contributed by atoms with Crippen LogP contribution >= 0.6 is 11.6 Å². The van der Waals surface area contributed by atoms with Crippen molar-refractivity contribution in [1.82, 2.24) is 0 Å². The Hall–Kier alpha value is -3.52. The summed E-state index contributed by atoms with van der Waals surface area (Å²) in [4.78, 5) is 0. The molecule has 0 aliphatic carbocycles. The molecule has 2 heteroatoms. The van der Waals surface area contributed by atoms with Crippen molar-refractivity contribution in [3.63, 3.8) is 0 Å². The highest BCUT2D eigenvalue weighted by atomic mass is 35.5. The van der Waals surface area contributed by atoms with Crippen LogP contribution in [-0.2, 0) is 6.42 Å². The lowest BCUT2D eigenvalue weighted by Gasteiger charge is -2.03. The topological polar surface area (TPSA) is 0 Å². The zero-order chi connectivity index (χ0) is 20.9. The Morgan fingerprint density at radius 1 is 0.700 bits per heavy atom. The maximum atomic E-state index is 14.9. The zero-order valence-corrected chi connectivity index (χ0v) is 17.2. The van der Waals surface area contributed by atoms with E-state index in [0.29, 0.717) is 16.0 Å². The average Bonchev–Trinajstić information content (AvgIpc) is 2.78. The van der Waals surface area contributed by atoms with Crippen LogP contribution in [0.4, 0.5) is 4.39 Å². The molecule has 4 aromatic carbocycles. The van der Waals surface area contributed by atoms with Crippen LogP contribution in [0.5, 0.6) is 0 Å². The molecule has 30 heavy (non-hydrogen) atoms. The van der Waals surface area contributed by atoms with Crippen molar-refractivity contribution in [2.24, 2.45) is 0 Å². The van der Waals surface area contributed by atoms with Crippen LogP contribution in [0.2, 0.25) is 5.02 Å². The Kier molecular flexibility index (Phi) is 5.85. The van der Waals surface area contributed by atoms with E-state index in [1.54, 1.807) is 24.3 Å². The molecule has 0 unspecified atom stereocenters. The van der Waals surface area contributed by atoms with Gasteiger partial charge in [-0.1, -0.05) is 66.5 Å². The van der Waals surface area contributed by atoms with Gasteiger partial charge in [0.25, 0.3) is 0 Å². The van der Waals surface area contributed by atoms with Crippen molar-refractivity contribution in [2.75, 3.05) is 0 Å². The Labute approximate surface area is 181 Å². The molecule has 0 saturated heterocycles. The molecule has 0 aliphatic heterocycles. The summed E-state index contributed by atoms with van der Waals surface area (Å²) in [6.45, 7) is 2.13. The van der Waals surface area contributed by atoms with Crippen molar-refractivity contribution < 1.29 is 4.39 Å². The van der Waals surface area contributed by atoms with Crippen molar-refractivity contribution in [3.05, 3.63) is 118 Å². The van der Waals surface area contributed by atoms with Gasteiger partial charge in [0.05, 0.1) is 5.56 Å². The lowest BCUT2D eigenvalue weighted by Crippen LogP contribution is -1.88. The van der Waals surface area contributed by atoms with Gasteiger partial charge in [-0.15, -0.1) is 0 Å². The summed E-state index contributed by atoms with van der Waals surface area (Å²) in [5.41, 5.74) is 4.26. The van der Waals surface area contributed by atoms with Crippen LogP contribution in [0, 0.1) is 29.5 Å². The van der Waals surface area contributed by atoms with Crippen LogP contribution in [0.25, 0.3) is 10.8 Å². The Balaban J connectivity index is 1.61. The summed E-state index contributed by atoms with van der Waals surface area (Å²) in [7, 11) is 0. The molecule has 0 spiro atoms. The highest BCUT2D eigenvalue weighted by Crippen LogP contribution is 2.22. The van der Waals surface area contributed by atoms with Gasteiger partial charge in [-0.25, -0.2) is 4.39 Å². The lowest BCUT2D eigenvalue weighted by molar-refractivity contribution is 0.636. The number of aryl methyl sites for hydroxylation is 1. The number of benzene rings is 4. The van der Waals surface area contributed by atoms with E-state index in [-0.39, 0.29) is 5.82 Å². The monoisotopic (exact) mass is 408 g/mol. The third-order valence-electron chi connectivity index (χ3n) is 4.85. The lowest BCUT2D eigenvalue weighted by atomic mass is 10.0. The van der Waals surface area contributed by atoms with Gasteiger partial charge < -0.3 is 0 Å². The molecule has 0 aromatic heterocycles. The minimum Gasteiger partial charge on any atom is -0.205 e. The quantitative estimate of drug-likeness (QED) is 0.297. The van der Waals surface area contributed by atoms with E-state index in [1.165, 1.54) is 5.56 Å². The predicted octanol–water partition coefficient (Wildman–Crippen LogP) is 6.99. The first kappa shape index (κ1) is 19.8. The van der Waals surface area contributed by atoms with Gasteiger partial charge in [-0.2, -0.15) is 0 Å². The average molecular weight is 409 g/mol. The fraction of sp³-hybridized carbons (Fsp3) is 0.0714. The van der Waals surface area contributed by atoms with Crippen molar-refractivity contribution in [1.29, 1.82) is 0 Å². The number of hydrogen-bond donors (Lipinski definition) is 0. The SMILES string of the molecule is CCc1ccc(C#Cc2ccc3c(F)c(C#Cc4ccc(Cl)cc4)ccc3c2)cc1. The van der Waals surface area contributed by atoms with Crippen molar-refractivity contribution in [3.8, 4) is 23.7 Å². The van der Waals surface area contributed by atoms with Crippen LogP contribution in [0.3, 0.4) is 0 Å². The van der Waals surface area contributed by atoms with Gasteiger partial charge >= 0.3 is 0 Å². The van der Waals surface area contributed by atoms with E-state index in [2.05, 4.69) is 42.7 Å². The molecule has 4 aromatic rings. The van der Waals surface area contributed by atoms with Gasteiger partial charge in [0, 0.05) is 27.1 Å². The second-order valence-corrected chi connectivity index (χ2v) is 7.36. The standard InChI is InChI=1S/C28H18ClF/c1-2-20-3-5-21(6-4-20)7-8-23-12-18-27-25(19-23)15-14-24(28(27)30)13-9-22-10-16-26(29)17-11-22/h3-6,10-12,14-19H,2H2,1H3. The molecule has 0 N–H and O–H groups in total. The maximum Gasteiger partial charge on any atom is 0.146 e. The van der Waals surface area contributed by atoms with Crippen LogP contribution in [0.15, 0.2) is 78.9 Å². The minimum absolute atomic E-state index is 0.316. The third-order valence-corrected chi connectivity index (χ3v) is 5.11. The largest absolute Gasteiger partial charge is 0.205 e. The third kappa shape index (κ3) is 4.55. The van der Waals surface area contributed by atoms with E-state index in [9.17, 15) is 4.39 Å². The molecule has 0 heterocycles. The normalized spacial score (nSPS) is 10.1. The van der Waals surface area contributed by atoms with Gasteiger partial charge in [-0.05, 0) is 72.0 Å². The zero-order valence-electron chi connectivity index (χ0n) is 16.5. The van der Waals surface area contributed by atoms with Crippen LogP contribution in [0.1, 0.15) is 34.7 Å². The number of hydrogen-bond acceptors (Lipinski definition) is 0. The molecular weight excluding hydrogens is 391 g/mol. The molecule has 144 valence electrons. The molecule has 4 rings (SSSR count). The van der Waals surface area contributed by atoms with E-state index < -0.39 is 0 Å². The van der Waals surface area contributed by atoms with Crippen molar-refractivity contribution in [2.45, 2.75) is 13.3 Å². The van der Waals surface area contributed by atoms with Gasteiger partial charge in [0.2, 0.25) is 0 Å². The molecule has 0 fully saturated rings. The molecule has 0 aliphatic rings. The summed E-state index contributed by atoms with van der Waals surface area (Å²) >= 11 is 5.88. The highest BCUT2D eigenvalue weighted by molar-refractivity contribution is 6.30. The van der Waals surface area contributed by atoms with Gasteiger partial charge in [0.1, 0.15) is 5.82 Å². The second-order valence-electron chi connectivity index (χ2n) is 6.92. The van der Waals surface area contributed by atoms with E-state index in [4.69, 9.17) is 11.6 Å². The molecule has 0 bridgehead atoms. The molecule has 0 radical (unpaired) electrons. The number of rotatable bonds is 1. The van der Waals surface area contributed by atoms with E-state index in [0.717, 1.165) is 28.5 Å². The fourth-order valence-corrected chi connectivity index (χ4v) is 3.23. The number of fused-ring (bicyclic) bond motifs is 1. The summed E-state index contributed by atoms with van der Waals surface area (Å²) in [5, 5.41) is 1.99. The molecule has 0 amide bonds. The van der Waals surface area contributed by atoms with Crippen LogP contribution < -0.4 is 0 Å². The Morgan fingerprint density at radius 2 is 1.30 bits per heavy atom. The highest BCUT2D eigenvalue weighted by Gasteiger charge is 2.06. The first-order chi connectivity index (χ1) is 14.6. The minimum atomic E-state index is -0.316. The summed E-state index contributed by atoms with van der Waals surface area (Å²) in [5.74, 6) is 11.9. The smallest absolute Gasteiger partial charge is 0.146 e. The molecular formula is C28H18ClF. The molecule has 0 atom stereocenters. The summed E-state index contributed by atoms with van der Waals surface area (Å²) < 4.78 is 14.9. The summed E-state index contributed by atoms with van der Waals surface area (Å²) in [6.07, 6.45) is 1.01. The Bertz CT molecular complexity index is 1330. The maximum absolute atomic E-state index is 14.9.